The molecule has 6 heteroatoms. The van der Waals surface area contributed by atoms with Crippen molar-refractivity contribution in [2.75, 3.05) is 0 Å². The zero-order valence-electron chi connectivity index (χ0n) is 10.6. The number of carboxylic acids is 1. The number of aryl methyl sites for hydroxylation is 2. The monoisotopic (exact) mass is 246 g/mol. The molecule has 1 aromatic carbocycles. The number of hydrogen-bond acceptors (Lipinski definition) is 3. The van der Waals surface area contributed by atoms with E-state index in [2.05, 4.69) is 5.23 Å². The Kier molecular flexibility index (Phi) is 4.15. The Morgan fingerprint density at radius 3 is 2.17 bits per heavy atom. The first-order valence-electron chi connectivity index (χ1n) is 5.40. The molecule has 0 heterocycles. The largest absolute Gasteiger partial charge is 0.477 e. The van der Waals surface area contributed by atoms with Gasteiger partial charge in [0.25, 0.3) is 0 Å². The predicted octanol–water partition coefficient (Wildman–Crippen LogP) is -0.0345. The lowest BCUT2D eigenvalue weighted by Crippen LogP contribution is -2.17. The Labute approximate surface area is 106 Å². The fraction of sp³-hybridized carbons (Fsp3) is 0.167. The standard InChI is InChI=1S/C12H15BN2O3/c1-6-3-8(11(14)16)4-7(2)9(6)5-10(15-13)12(17)18/h3-5,15H,13H2,1-2H3,(H2,14,16)(H,17,18)/b10-5-. The highest BCUT2D eigenvalue weighted by Crippen LogP contribution is 2.19. The molecule has 0 saturated heterocycles. The Hall–Kier alpha value is -2.24. The van der Waals surface area contributed by atoms with Crippen molar-refractivity contribution in [3.63, 3.8) is 0 Å². The van der Waals surface area contributed by atoms with Crippen molar-refractivity contribution in [3.05, 3.63) is 40.1 Å². The minimum Gasteiger partial charge on any atom is -0.477 e. The second-order valence-electron chi connectivity index (χ2n) is 4.00. The molecule has 0 saturated carbocycles. The number of carbonyl (C=O) groups excluding carboxylic acids is 1. The van der Waals surface area contributed by atoms with Crippen LogP contribution >= 0.6 is 0 Å². The van der Waals surface area contributed by atoms with Crippen LogP contribution in [0.3, 0.4) is 0 Å². The van der Waals surface area contributed by atoms with Crippen molar-refractivity contribution in [1.82, 2.24) is 5.23 Å². The molecule has 0 unspecified atom stereocenters. The van der Waals surface area contributed by atoms with E-state index >= 15 is 0 Å². The lowest BCUT2D eigenvalue weighted by Gasteiger charge is -2.09. The Morgan fingerprint density at radius 2 is 1.83 bits per heavy atom. The van der Waals surface area contributed by atoms with Gasteiger partial charge in [0.15, 0.2) is 0 Å². The normalized spacial score (nSPS) is 11.1. The van der Waals surface area contributed by atoms with Crippen LogP contribution in [0.1, 0.15) is 27.0 Å². The molecule has 0 aromatic heterocycles. The van der Waals surface area contributed by atoms with Crippen molar-refractivity contribution in [1.29, 1.82) is 0 Å². The fourth-order valence-electron chi connectivity index (χ4n) is 1.73. The van der Waals surface area contributed by atoms with Crippen LogP contribution in [0.4, 0.5) is 0 Å². The first-order valence-corrected chi connectivity index (χ1v) is 5.40. The maximum absolute atomic E-state index is 11.1. The topological polar surface area (TPSA) is 92.4 Å². The summed E-state index contributed by atoms with van der Waals surface area (Å²) in [5, 5.41) is 11.6. The maximum atomic E-state index is 11.1. The summed E-state index contributed by atoms with van der Waals surface area (Å²) in [6.45, 7) is 3.61. The van der Waals surface area contributed by atoms with Gasteiger partial charge in [0.2, 0.25) is 13.9 Å². The van der Waals surface area contributed by atoms with E-state index in [1.165, 1.54) is 6.08 Å². The summed E-state index contributed by atoms with van der Waals surface area (Å²) >= 11 is 0. The van der Waals surface area contributed by atoms with Crippen LogP contribution in [-0.2, 0) is 4.79 Å². The van der Waals surface area contributed by atoms with E-state index in [9.17, 15) is 9.59 Å². The summed E-state index contributed by atoms with van der Waals surface area (Å²) in [5.74, 6) is -1.53. The van der Waals surface area contributed by atoms with Gasteiger partial charge in [-0.3, -0.25) is 4.79 Å². The van der Waals surface area contributed by atoms with Crippen LogP contribution in [0, 0.1) is 13.8 Å². The number of aliphatic carboxylic acids is 1. The summed E-state index contributed by atoms with van der Waals surface area (Å²) in [5.41, 5.74) is 8.10. The molecule has 1 rings (SSSR count). The summed E-state index contributed by atoms with van der Waals surface area (Å²) in [6, 6.07) is 3.30. The van der Waals surface area contributed by atoms with Gasteiger partial charge in [-0.25, -0.2) is 4.79 Å². The van der Waals surface area contributed by atoms with Gasteiger partial charge in [0, 0.05) is 5.56 Å². The van der Waals surface area contributed by atoms with Gasteiger partial charge in [0.1, 0.15) is 5.70 Å². The molecule has 0 bridgehead atoms. The SMILES string of the molecule is BN/C(=C\c1c(C)cc(C(N)=O)cc1C)C(=O)O. The van der Waals surface area contributed by atoms with Crippen molar-refractivity contribution in [2.24, 2.45) is 5.73 Å². The quantitative estimate of drug-likeness (QED) is 0.513. The number of carboxylic acid groups (broad SMARTS) is 1. The number of amides is 1. The molecule has 0 atom stereocenters. The van der Waals surface area contributed by atoms with Gasteiger partial charge >= 0.3 is 5.97 Å². The van der Waals surface area contributed by atoms with Crippen LogP contribution in [0.25, 0.3) is 6.08 Å². The third-order valence-corrected chi connectivity index (χ3v) is 2.67. The fourth-order valence-corrected chi connectivity index (χ4v) is 1.73. The van der Waals surface area contributed by atoms with Crippen molar-refractivity contribution in [2.45, 2.75) is 13.8 Å². The number of carbonyl (C=O) groups is 2. The molecule has 18 heavy (non-hydrogen) atoms. The minimum absolute atomic E-state index is 0.0908. The van der Waals surface area contributed by atoms with Gasteiger partial charge in [0.05, 0.1) is 0 Å². The number of hydrogen-bond donors (Lipinski definition) is 3. The van der Waals surface area contributed by atoms with Crippen molar-refractivity contribution >= 4 is 25.9 Å². The molecule has 94 valence electrons. The zero-order valence-corrected chi connectivity index (χ0v) is 10.6. The first kappa shape index (κ1) is 13.8. The number of nitrogens with two attached hydrogens (primary N) is 1. The van der Waals surface area contributed by atoms with Crippen LogP contribution < -0.4 is 11.0 Å². The highest BCUT2D eigenvalue weighted by molar-refractivity contribution is 6.10. The van der Waals surface area contributed by atoms with E-state index < -0.39 is 11.9 Å². The lowest BCUT2D eigenvalue weighted by atomic mass is 9.98. The van der Waals surface area contributed by atoms with E-state index in [-0.39, 0.29) is 5.70 Å². The summed E-state index contributed by atoms with van der Waals surface area (Å²) in [6.07, 6.45) is 1.54. The highest BCUT2D eigenvalue weighted by atomic mass is 16.4. The molecular formula is C12H15BN2O3. The minimum atomic E-state index is -1.03. The average Bonchev–Trinajstić information content (AvgIpc) is 2.27. The van der Waals surface area contributed by atoms with Gasteiger partial charge in [-0.2, -0.15) is 0 Å². The number of benzene rings is 1. The molecule has 4 N–H and O–H groups in total. The van der Waals surface area contributed by atoms with Crippen LogP contribution in [-0.4, -0.2) is 25.0 Å². The van der Waals surface area contributed by atoms with E-state index in [4.69, 9.17) is 10.8 Å². The molecule has 1 aromatic rings. The summed E-state index contributed by atoms with van der Waals surface area (Å²) in [4.78, 5) is 22.0. The maximum Gasteiger partial charge on any atom is 0.350 e. The van der Waals surface area contributed by atoms with Gasteiger partial charge in [-0.15, -0.1) is 0 Å². The lowest BCUT2D eigenvalue weighted by molar-refractivity contribution is -0.132. The van der Waals surface area contributed by atoms with E-state index in [0.717, 1.165) is 16.7 Å². The van der Waals surface area contributed by atoms with Crippen molar-refractivity contribution in [3.8, 4) is 0 Å². The molecule has 0 aliphatic heterocycles. The molecule has 0 aliphatic carbocycles. The van der Waals surface area contributed by atoms with Crippen molar-refractivity contribution < 1.29 is 14.7 Å². The van der Waals surface area contributed by atoms with Crippen LogP contribution in [0.5, 0.6) is 0 Å². The third-order valence-electron chi connectivity index (χ3n) is 2.67. The predicted molar refractivity (Wildman–Crippen MR) is 71.7 cm³/mol. The third kappa shape index (κ3) is 2.91. The Balaban J connectivity index is 3.35. The highest BCUT2D eigenvalue weighted by Gasteiger charge is 2.10. The van der Waals surface area contributed by atoms with Crippen LogP contribution in [0.2, 0.25) is 0 Å². The van der Waals surface area contributed by atoms with E-state index in [1.807, 2.05) is 0 Å². The summed E-state index contributed by atoms with van der Waals surface area (Å²) < 4.78 is 0. The van der Waals surface area contributed by atoms with E-state index in [0.29, 0.717) is 5.56 Å². The Bertz CT molecular complexity index is 515. The zero-order chi connectivity index (χ0) is 13.9. The average molecular weight is 246 g/mol. The van der Waals surface area contributed by atoms with E-state index in [1.54, 1.807) is 34.0 Å². The molecule has 0 radical (unpaired) electrons. The first-order chi connectivity index (χ1) is 8.36. The Morgan fingerprint density at radius 1 is 1.33 bits per heavy atom. The number of rotatable bonds is 4. The second-order valence-corrected chi connectivity index (χ2v) is 4.00. The molecule has 5 nitrogen and oxygen atoms in total. The van der Waals surface area contributed by atoms with Gasteiger partial charge in [-0.05, 0) is 48.7 Å². The number of primary amides is 1. The van der Waals surface area contributed by atoms with Gasteiger partial charge in [-0.1, -0.05) is 0 Å². The smallest absolute Gasteiger partial charge is 0.350 e. The molecular weight excluding hydrogens is 231 g/mol. The molecule has 0 aliphatic rings. The second kappa shape index (κ2) is 5.40. The number of nitrogens with one attached hydrogen (secondary N) is 1. The molecule has 1 amide bonds. The summed E-state index contributed by atoms with van der Waals surface area (Å²) in [7, 11) is 1.54. The van der Waals surface area contributed by atoms with Crippen LogP contribution in [0.15, 0.2) is 17.8 Å². The molecule has 0 spiro atoms. The van der Waals surface area contributed by atoms with Gasteiger partial charge < -0.3 is 16.1 Å². The molecule has 0 fully saturated rings.